The van der Waals surface area contributed by atoms with Crippen LogP contribution in [-0.4, -0.2) is 52.0 Å². The number of nitrogens with zero attached hydrogens (tertiary/aromatic N) is 1. The second kappa shape index (κ2) is 4.21. The summed E-state index contributed by atoms with van der Waals surface area (Å²) in [6.45, 7) is 8.38. The van der Waals surface area contributed by atoms with Crippen molar-refractivity contribution in [3.05, 3.63) is 0 Å². The maximum Gasteiger partial charge on any atom is 0.270 e. The van der Waals surface area contributed by atoms with E-state index in [-0.39, 0.29) is 10.00 Å². The summed E-state index contributed by atoms with van der Waals surface area (Å²) in [4.78, 5) is 0. The van der Waals surface area contributed by atoms with Crippen molar-refractivity contribution in [3.63, 3.8) is 0 Å². The third-order valence-electron chi connectivity index (χ3n) is 3.18. The lowest BCUT2D eigenvalue weighted by molar-refractivity contribution is -0.515. The molecule has 2 atom stereocenters. The first kappa shape index (κ1) is 12.8. The Morgan fingerprint density at radius 2 is 2.06 bits per heavy atom. The van der Waals surface area contributed by atoms with Crippen LogP contribution in [0.15, 0.2) is 0 Å². The number of fused-ring (bicyclic) bond motifs is 1. The molecular formula is C10H18NO2S3+. The maximum atomic E-state index is 11.6. The molecule has 0 aliphatic carbocycles. The van der Waals surface area contributed by atoms with Gasteiger partial charge in [0.05, 0.1) is 16.3 Å². The highest BCUT2D eigenvalue weighted by Gasteiger charge is 2.56. The van der Waals surface area contributed by atoms with E-state index >= 15 is 0 Å². The molecule has 0 unspecified atom stereocenters. The Balaban J connectivity index is 2.26. The van der Waals surface area contributed by atoms with Crippen LogP contribution in [0.5, 0.6) is 0 Å². The van der Waals surface area contributed by atoms with Gasteiger partial charge in [0, 0.05) is 5.25 Å². The fraction of sp³-hybridized carbons (Fsp3) is 0.900. The summed E-state index contributed by atoms with van der Waals surface area (Å²) in [7, 11) is -2.80. The Hall–Kier alpha value is 0.320. The first-order chi connectivity index (χ1) is 7.40. The minimum absolute atomic E-state index is 0.0958. The molecule has 2 rings (SSSR count). The van der Waals surface area contributed by atoms with E-state index in [9.17, 15) is 8.42 Å². The summed E-state index contributed by atoms with van der Waals surface area (Å²) in [5.41, 5.74) is 0. The van der Waals surface area contributed by atoms with E-state index in [4.69, 9.17) is 0 Å². The van der Waals surface area contributed by atoms with Crippen molar-refractivity contribution >= 4 is 37.7 Å². The second-order valence-electron chi connectivity index (χ2n) is 4.51. The predicted octanol–water partition coefficient (Wildman–Crippen LogP) is 1.43. The summed E-state index contributed by atoms with van der Waals surface area (Å²) in [5, 5.41) is 0.248. The van der Waals surface area contributed by atoms with Crippen LogP contribution in [0.3, 0.4) is 0 Å². The molecule has 92 valence electrons. The van der Waals surface area contributed by atoms with Gasteiger partial charge in [-0.2, -0.15) is 0 Å². The van der Waals surface area contributed by atoms with Crippen molar-refractivity contribution in [2.24, 2.45) is 0 Å². The number of hydrogen-bond donors (Lipinski definition) is 0. The van der Waals surface area contributed by atoms with Gasteiger partial charge in [-0.25, -0.2) is 13.0 Å². The smallest absolute Gasteiger partial charge is 0.229 e. The van der Waals surface area contributed by atoms with Gasteiger partial charge in [0.25, 0.3) is 4.38 Å². The van der Waals surface area contributed by atoms with Crippen LogP contribution >= 0.6 is 23.5 Å². The molecule has 2 heterocycles. The fourth-order valence-electron chi connectivity index (χ4n) is 2.22. The Morgan fingerprint density at radius 1 is 1.44 bits per heavy atom. The van der Waals surface area contributed by atoms with E-state index in [0.29, 0.717) is 11.5 Å². The molecule has 0 saturated carbocycles. The molecule has 0 N–H and O–H groups in total. The fourth-order valence-corrected chi connectivity index (χ4v) is 9.50. The van der Waals surface area contributed by atoms with Crippen LogP contribution in [-0.2, 0) is 9.84 Å². The largest absolute Gasteiger partial charge is 0.270 e. The molecule has 16 heavy (non-hydrogen) atoms. The Kier molecular flexibility index (Phi) is 3.36. The normalized spacial score (nSPS) is 36.4. The van der Waals surface area contributed by atoms with Gasteiger partial charge in [0.1, 0.15) is 13.1 Å². The van der Waals surface area contributed by atoms with Gasteiger partial charge in [-0.1, -0.05) is 0 Å². The molecule has 3 nitrogen and oxygen atoms in total. The van der Waals surface area contributed by atoms with E-state index < -0.39 is 9.84 Å². The standard InChI is InChI=1S/C10H18NO2S3/c1-4-11(5-2)9-14-8-6-16(12,13)7-10(8,3)15-9/h8H,4-7H2,1-3H3/q+1/t8-,10-/m1/s1. The van der Waals surface area contributed by atoms with Crippen LogP contribution in [0.25, 0.3) is 0 Å². The number of rotatable bonds is 2. The van der Waals surface area contributed by atoms with E-state index in [1.807, 2.05) is 0 Å². The van der Waals surface area contributed by atoms with Gasteiger partial charge in [-0.05, 0) is 44.3 Å². The number of sulfone groups is 1. The molecule has 0 radical (unpaired) electrons. The monoisotopic (exact) mass is 280 g/mol. The SMILES string of the molecule is CC[N+](CC)=C1S[C@@H]2CS(=O)(=O)C[C@@]2(C)S1. The molecule has 0 aromatic rings. The molecule has 2 saturated heterocycles. The Morgan fingerprint density at radius 3 is 2.56 bits per heavy atom. The minimum Gasteiger partial charge on any atom is -0.229 e. The predicted molar refractivity (Wildman–Crippen MR) is 72.4 cm³/mol. The van der Waals surface area contributed by atoms with Gasteiger partial charge in [-0.15, -0.1) is 0 Å². The number of hydrogen-bond acceptors (Lipinski definition) is 4. The average molecular weight is 280 g/mol. The zero-order valence-corrected chi connectivity index (χ0v) is 12.3. The summed E-state index contributed by atoms with van der Waals surface area (Å²) in [5.74, 6) is 0.693. The van der Waals surface area contributed by atoms with Crippen LogP contribution in [0, 0.1) is 0 Å². The molecular weight excluding hydrogens is 262 g/mol. The molecule has 0 aromatic carbocycles. The molecule has 0 aromatic heterocycles. The van der Waals surface area contributed by atoms with Crippen LogP contribution < -0.4 is 0 Å². The van der Waals surface area contributed by atoms with Gasteiger partial charge < -0.3 is 0 Å². The Bertz CT molecular complexity index is 423. The Labute approximate surface area is 106 Å². The lowest BCUT2D eigenvalue weighted by Gasteiger charge is -2.16. The van der Waals surface area contributed by atoms with Crippen molar-refractivity contribution in [2.75, 3.05) is 24.6 Å². The highest BCUT2D eigenvalue weighted by Crippen LogP contribution is 2.52. The molecule has 2 aliphatic rings. The van der Waals surface area contributed by atoms with Crippen molar-refractivity contribution in [1.82, 2.24) is 0 Å². The molecule has 2 fully saturated rings. The topological polar surface area (TPSA) is 37.1 Å². The van der Waals surface area contributed by atoms with Gasteiger partial charge >= 0.3 is 0 Å². The zero-order valence-electron chi connectivity index (χ0n) is 9.89. The average Bonchev–Trinajstić information content (AvgIpc) is 2.53. The van der Waals surface area contributed by atoms with E-state index in [1.165, 1.54) is 4.38 Å². The first-order valence-electron chi connectivity index (χ1n) is 5.58. The molecule has 6 heteroatoms. The lowest BCUT2D eigenvalue weighted by Crippen LogP contribution is -2.27. The maximum absolute atomic E-state index is 11.6. The van der Waals surface area contributed by atoms with Crippen LogP contribution in [0.4, 0.5) is 0 Å². The second-order valence-corrected chi connectivity index (χ2v) is 9.60. The zero-order chi connectivity index (χ0) is 12.0. The van der Waals surface area contributed by atoms with Gasteiger partial charge in [0.15, 0.2) is 9.84 Å². The first-order valence-corrected chi connectivity index (χ1v) is 9.10. The third-order valence-corrected chi connectivity index (χ3v) is 8.90. The molecule has 2 aliphatic heterocycles. The van der Waals surface area contributed by atoms with Crippen LogP contribution in [0.2, 0.25) is 0 Å². The van der Waals surface area contributed by atoms with Crippen molar-refractivity contribution in [3.8, 4) is 0 Å². The quantitative estimate of drug-likeness (QED) is 0.717. The van der Waals surface area contributed by atoms with E-state index in [0.717, 1.165) is 13.1 Å². The highest BCUT2D eigenvalue weighted by atomic mass is 32.2. The number of thioether (sulfide) groups is 2. The van der Waals surface area contributed by atoms with E-state index in [1.54, 1.807) is 23.5 Å². The summed E-state index contributed by atoms with van der Waals surface area (Å²) >= 11 is 3.54. The van der Waals surface area contributed by atoms with Gasteiger partial charge in [-0.3, -0.25) is 0 Å². The van der Waals surface area contributed by atoms with Gasteiger partial charge in [0.2, 0.25) is 0 Å². The summed E-state index contributed by atoms with van der Waals surface area (Å²) < 4.78 is 26.8. The van der Waals surface area contributed by atoms with E-state index in [2.05, 4.69) is 25.3 Å². The third kappa shape index (κ3) is 2.16. The highest BCUT2D eigenvalue weighted by molar-refractivity contribution is 8.42. The summed E-state index contributed by atoms with van der Waals surface area (Å²) in [6.07, 6.45) is 0. The van der Waals surface area contributed by atoms with Crippen molar-refractivity contribution in [2.45, 2.75) is 30.8 Å². The van der Waals surface area contributed by atoms with Crippen molar-refractivity contribution < 1.29 is 13.0 Å². The summed E-state index contributed by atoms with van der Waals surface area (Å²) in [6, 6.07) is 0. The minimum atomic E-state index is -2.80. The van der Waals surface area contributed by atoms with Crippen LogP contribution in [0.1, 0.15) is 20.8 Å². The molecule has 0 amide bonds. The lowest BCUT2D eigenvalue weighted by atomic mass is 10.1. The molecule has 0 spiro atoms. The molecule has 0 bridgehead atoms. The van der Waals surface area contributed by atoms with Crippen molar-refractivity contribution in [1.29, 1.82) is 0 Å².